The highest BCUT2D eigenvalue weighted by atomic mass is 19.1. The highest BCUT2D eigenvalue weighted by molar-refractivity contribution is 6.23. The molecule has 2 aromatic rings. The maximum atomic E-state index is 13.0. The number of carbonyl (C=O) groups is 4. The monoisotopic (exact) mass is 433 g/mol. The van der Waals surface area contributed by atoms with Gasteiger partial charge in [0.25, 0.3) is 0 Å². The summed E-state index contributed by atoms with van der Waals surface area (Å²) in [6.07, 6.45) is 2.99. The molecular weight excluding hydrogens is 413 g/mol. The van der Waals surface area contributed by atoms with E-state index in [9.17, 15) is 23.6 Å². The highest BCUT2D eigenvalue weighted by Crippen LogP contribution is 2.55. The minimum atomic E-state index is -0.708. The molecule has 2 aliphatic carbocycles. The number of nitrogens with zero attached hydrogens (tertiary/aromatic N) is 1. The molecule has 4 atom stereocenters. The summed E-state index contributed by atoms with van der Waals surface area (Å²) in [5.74, 6) is -2.31. The normalized spacial score (nSPS) is 25.7. The van der Waals surface area contributed by atoms with Crippen LogP contribution in [0.3, 0.4) is 0 Å². The molecule has 1 heterocycles. The van der Waals surface area contributed by atoms with Crippen molar-refractivity contribution < 1.29 is 28.3 Å². The number of Topliss-reactive ketones (excluding diaryl/α,β-unsaturated/α-hetero) is 1. The molecule has 2 bridgehead atoms. The van der Waals surface area contributed by atoms with Gasteiger partial charge < -0.3 is 4.74 Å². The number of allylic oxidation sites excluding steroid dienone is 2. The van der Waals surface area contributed by atoms with Crippen molar-refractivity contribution in [3.8, 4) is 0 Å². The van der Waals surface area contributed by atoms with Gasteiger partial charge in [-0.2, -0.15) is 0 Å². The summed E-state index contributed by atoms with van der Waals surface area (Å²) in [5, 5.41) is 0. The number of ether oxygens (including phenoxy) is 1. The number of anilines is 1. The molecule has 6 nitrogen and oxygen atoms in total. The molecule has 32 heavy (non-hydrogen) atoms. The zero-order chi connectivity index (χ0) is 22.6. The molecule has 0 aromatic heterocycles. The average Bonchev–Trinajstić information content (AvgIpc) is 3.42. The predicted molar refractivity (Wildman–Crippen MR) is 112 cm³/mol. The van der Waals surface area contributed by atoms with Gasteiger partial charge in [0.15, 0.2) is 12.4 Å². The van der Waals surface area contributed by atoms with Crippen LogP contribution in [0.2, 0.25) is 0 Å². The lowest BCUT2D eigenvalue weighted by Crippen LogP contribution is -2.32. The molecule has 2 aromatic carbocycles. The Kier molecular flexibility index (Phi) is 4.77. The lowest BCUT2D eigenvalue weighted by Gasteiger charge is -2.19. The van der Waals surface area contributed by atoms with Gasteiger partial charge in [0.05, 0.1) is 23.1 Å². The predicted octanol–water partition coefficient (Wildman–Crippen LogP) is 3.57. The second-order valence-electron chi connectivity index (χ2n) is 8.53. The van der Waals surface area contributed by atoms with Crippen LogP contribution in [0.4, 0.5) is 10.1 Å². The molecule has 162 valence electrons. The van der Waals surface area contributed by atoms with Gasteiger partial charge in [0.2, 0.25) is 11.8 Å². The molecule has 0 N–H and O–H groups in total. The molecule has 5 rings (SSSR count). The van der Waals surface area contributed by atoms with E-state index in [0.717, 1.165) is 18.6 Å². The number of benzene rings is 2. The summed E-state index contributed by atoms with van der Waals surface area (Å²) in [4.78, 5) is 51.6. The van der Waals surface area contributed by atoms with Crippen LogP contribution in [0.5, 0.6) is 0 Å². The fraction of sp³-hybridized carbons (Fsp3) is 0.280. The highest BCUT2D eigenvalue weighted by Gasteiger charge is 2.60. The van der Waals surface area contributed by atoms with Crippen molar-refractivity contribution in [1.29, 1.82) is 0 Å². The van der Waals surface area contributed by atoms with Gasteiger partial charge in [-0.1, -0.05) is 11.6 Å². The lowest BCUT2D eigenvalue weighted by atomic mass is 9.82. The molecule has 2 fully saturated rings. The summed E-state index contributed by atoms with van der Waals surface area (Å²) in [6, 6.07) is 11.0. The maximum Gasteiger partial charge on any atom is 0.338 e. The molecule has 0 spiro atoms. The second kappa shape index (κ2) is 7.51. The Morgan fingerprint density at radius 3 is 2.28 bits per heavy atom. The van der Waals surface area contributed by atoms with E-state index in [1.165, 1.54) is 46.9 Å². The van der Waals surface area contributed by atoms with Crippen LogP contribution < -0.4 is 4.90 Å². The summed E-state index contributed by atoms with van der Waals surface area (Å²) >= 11 is 0. The number of amides is 2. The van der Waals surface area contributed by atoms with Crippen molar-refractivity contribution in [3.05, 3.63) is 77.1 Å². The van der Waals surface area contributed by atoms with Crippen LogP contribution in [-0.4, -0.2) is 30.2 Å². The minimum absolute atomic E-state index is 0.124. The van der Waals surface area contributed by atoms with E-state index in [1.807, 2.05) is 6.92 Å². The topological polar surface area (TPSA) is 80.8 Å². The third-order valence-corrected chi connectivity index (χ3v) is 6.74. The maximum absolute atomic E-state index is 13.0. The largest absolute Gasteiger partial charge is 0.454 e. The van der Waals surface area contributed by atoms with Gasteiger partial charge in [0.1, 0.15) is 5.82 Å². The second-order valence-corrected chi connectivity index (χ2v) is 8.53. The van der Waals surface area contributed by atoms with E-state index >= 15 is 0 Å². The number of ketones is 1. The number of esters is 1. The van der Waals surface area contributed by atoms with E-state index in [1.54, 1.807) is 0 Å². The van der Waals surface area contributed by atoms with Crippen molar-refractivity contribution in [3.63, 3.8) is 0 Å². The zero-order valence-electron chi connectivity index (χ0n) is 17.3. The van der Waals surface area contributed by atoms with Crippen LogP contribution in [0, 0.1) is 29.5 Å². The van der Waals surface area contributed by atoms with Crippen molar-refractivity contribution in [2.45, 2.75) is 13.3 Å². The molecule has 0 radical (unpaired) electrons. The van der Waals surface area contributed by atoms with Gasteiger partial charge in [-0.3, -0.25) is 19.3 Å². The Morgan fingerprint density at radius 1 is 0.969 bits per heavy atom. The molecular formula is C25H20FNO5. The number of fused-ring (bicyclic) bond motifs is 5. The Bertz CT molecular complexity index is 1170. The number of hydrogen-bond donors (Lipinski definition) is 0. The summed E-state index contributed by atoms with van der Waals surface area (Å²) in [6.45, 7) is 1.54. The summed E-state index contributed by atoms with van der Waals surface area (Å²) in [5.41, 5.74) is 2.04. The number of hydrogen-bond acceptors (Lipinski definition) is 5. The number of halogens is 1. The molecule has 1 aliphatic heterocycles. The van der Waals surface area contributed by atoms with Crippen LogP contribution in [-0.2, 0) is 14.3 Å². The van der Waals surface area contributed by atoms with Crippen molar-refractivity contribution >= 4 is 29.3 Å². The van der Waals surface area contributed by atoms with Gasteiger partial charge in [-0.05, 0) is 73.7 Å². The SMILES string of the molecule is CC1=C[C@H]2C[C@H]1[C@@H]1C(=O)N(c3ccc(C(=O)OCC(=O)c4ccc(F)cc4)cc3)C(=O)[C@@H]12. The van der Waals surface area contributed by atoms with Crippen LogP contribution >= 0.6 is 0 Å². The molecule has 1 saturated heterocycles. The summed E-state index contributed by atoms with van der Waals surface area (Å²) in [7, 11) is 0. The molecule has 1 saturated carbocycles. The Balaban J connectivity index is 1.25. The van der Waals surface area contributed by atoms with E-state index in [4.69, 9.17) is 4.74 Å². The smallest absolute Gasteiger partial charge is 0.338 e. The number of rotatable bonds is 5. The van der Waals surface area contributed by atoms with Gasteiger partial charge in [-0.15, -0.1) is 0 Å². The minimum Gasteiger partial charge on any atom is -0.454 e. The van der Waals surface area contributed by atoms with E-state index in [-0.39, 0.29) is 46.6 Å². The van der Waals surface area contributed by atoms with Crippen molar-refractivity contribution in [1.82, 2.24) is 0 Å². The zero-order valence-corrected chi connectivity index (χ0v) is 17.3. The first-order valence-corrected chi connectivity index (χ1v) is 10.5. The Labute approximate surface area is 183 Å². The van der Waals surface area contributed by atoms with Gasteiger partial charge in [0, 0.05) is 5.56 Å². The third kappa shape index (κ3) is 3.16. The van der Waals surface area contributed by atoms with Crippen LogP contribution in [0.1, 0.15) is 34.1 Å². The first-order chi connectivity index (χ1) is 15.3. The first-order valence-electron chi connectivity index (χ1n) is 10.5. The molecule has 0 unspecified atom stereocenters. The van der Waals surface area contributed by atoms with Crippen molar-refractivity contribution in [2.75, 3.05) is 11.5 Å². The third-order valence-electron chi connectivity index (χ3n) is 6.74. The fourth-order valence-corrected chi connectivity index (χ4v) is 5.21. The molecule has 3 aliphatic rings. The quantitative estimate of drug-likeness (QED) is 0.312. The Morgan fingerprint density at radius 2 is 1.59 bits per heavy atom. The first kappa shape index (κ1) is 20.3. The lowest BCUT2D eigenvalue weighted by molar-refractivity contribution is -0.123. The van der Waals surface area contributed by atoms with Crippen LogP contribution in [0.25, 0.3) is 0 Å². The molecule has 2 amide bonds. The standard InChI is InChI=1S/C25H20FNO5/c1-13-10-16-11-19(13)22-21(16)23(29)27(24(22)30)18-8-4-15(5-9-18)25(31)32-12-20(28)14-2-6-17(26)7-3-14/h2-10,16,19,21-22H,11-12H2,1H3/t16-,19+,21+,22-/m0/s1. The van der Waals surface area contributed by atoms with Crippen molar-refractivity contribution in [2.24, 2.45) is 23.7 Å². The number of carbonyl (C=O) groups excluding carboxylic acids is 4. The Hall–Kier alpha value is -3.61. The van der Waals surface area contributed by atoms with Gasteiger partial charge in [-0.25, -0.2) is 9.18 Å². The van der Waals surface area contributed by atoms with E-state index < -0.39 is 24.2 Å². The van der Waals surface area contributed by atoms with Crippen LogP contribution in [0.15, 0.2) is 60.2 Å². The average molecular weight is 433 g/mol. The van der Waals surface area contributed by atoms with E-state index in [2.05, 4.69) is 6.08 Å². The fourth-order valence-electron chi connectivity index (χ4n) is 5.21. The molecule has 7 heteroatoms. The van der Waals surface area contributed by atoms with Gasteiger partial charge >= 0.3 is 5.97 Å². The number of imide groups is 1. The summed E-state index contributed by atoms with van der Waals surface area (Å²) < 4.78 is 18.0. The van der Waals surface area contributed by atoms with E-state index in [0.29, 0.717) is 5.69 Å².